The van der Waals surface area contributed by atoms with Gasteiger partial charge >= 0.3 is 0 Å². The van der Waals surface area contributed by atoms with Crippen LogP contribution in [0.15, 0.2) is 102 Å². The average molecular weight is 1020 g/mol. The molecule has 1 saturated carbocycles. The first-order valence-corrected chi connectivity index (χ1v) is 27.4. The summed E-state index contributed by atoms with van der Waals surface area (Å²) in [6.07, 6.45) is 11.3. The third-order valence-electron chi connectivity index (χ3n) is 16.6. The van der Waals surface area contributed by atoms with Crippen molar-refractivity contribution in [1.29, 1.82) is 0 Å². The molecule has 3 aromatic carbocycles. The zero-order valence-corrected chi connectivity index (χ0v) is 42.2. The van der Waals surface area contributed by atoms with Gasteiger partial charge in [-0.3, -0.25) is 19.8 Å². The van der Waals surface area contributed by atoms with E-state index in [1.54, 1.807) is 12.4 Å². The van der Waals surface area contributed by atoms with Crippen LogP contribution in [-0.2, 0) is 19.5 Å². The first kappa shape index (κ1) is 48.1. The molecule has 1 amide bonds. The number of piperazine rings is 1. The van der Waals surface area contributed by atoms with Gasteiger partial charge in [0.15, 0.2) is 0 Å². The van der Waals surface area contributed by atoms with Crippen LogP contribution in [0.25, 0.3) is 11.0 Å². The number of H-pyrrole nitrogens is 1. The molecule has 5 fully saturated rings. The molecule has 1 aliphatic carbocycles. The fourth-order valence-electron chi connectivity index (χ4n) is 12.5. The number of rotatable bonds is 12. The number of sulfonamides is 1. The quantitative estimate of drug-likeness (QED) is 0.0798. The van der Waals surface area contributed by atoms with Gasteiger partial charge in [0.2, 0.25) is 5.88 Å². The largest absolute Gasteiger partial charge is 0.468 e. The molecule has 1 spiro atoms. The summed E-state index contributed by atoms with van der Waals surface area (Å²) in [6, 6.07) is 24.4. The second-order valence-corrected chi connectivity index (χ2v) is 22.5. The molecule has 12 rings (SSSR count). The van der Waals surface area contributed by atoms with Crippen LogP contribution < -0.4 is 29.5 Å². The smallest absolute Gasteiger partial charge is 0.293 e. The maximum absolute atomic E-state index is 14.7. The van der Waals surface area contributed by atoms with Crippen LogP contribution in [0.5, 0.6) is 5.88 Å². The van der Waals surface area contributed by atoms with Gasteiger partial charge in [0.05, 0.1) is 39.8 Å². The van der Waals surface area contributed by atoms with Crippen LogP contribution in [0.4, 0.5) is 34.3 Å². The third kappa shape index (κ3) is 9.25. The molecule has 6 aromatic rings. The van der Waals surface area contributed by atoms with E-state index < -0.39 is 37.5 Å². The Morgan fingerprint density at radius 1 is 0.919 bits per heavy atom. The van der Waals surface area contributed by atoms with Crippen molar-refractivity contribution in [3.8, 4) is 5.88 Å². The molecule has 3 atom stereocenters. The molecule has 19 nitrogen and oxygen atoms in total. The molecule has 74 heavy (non-hydrogen) atoms. The molecule has 0 radical (unpaired) electrons. The van der Waals surface area contributed by atoms with Gasteiger partial charge in [-0.1, -0.05) is 24.3 Å². The molecule has 8 heterocycles. The summed E-state index contributed by atoms with van der Waals surface area (Å²) in [4.78, 5) is 52.4. The van der Waals surface area contributed by atoms with Gasteiger partial charge in [-0.15, -0.1) is 0 Å². The van der Waals surface area contributed by atoms with E-state index in [1.165, 1.54) is 23.3 Å². The number of hydrogen-bond acceptors (Lipinski definition) is 16. The number of benzene rings is 3. The van der Waals surface area contributed by atoms with Gasteiger partial charge in [-0.05, 0) is 123 Å². The summed E-state index contributed by atoms with van der Waals surface area (Å²) < 4.78 is 48.5. The summed E-state index contributed by atoms with van der Waals surface area (Å²) >= 11 is 0. The number of piperidine rings is 1. The normalized spacial score (nSPS) is 22.4. The number of aromatic amines is 1. The van der Waals surface area contributed by atoms with Crippen LogP contribution in [-0.4, -0.2) is 128 Å². The molecule has 0 unspecified atom stereocenters. The highest BCUT2D eigenvalue weighted by atomic mass is 32.2. The number of nitro benzene ring substituents is 1. The van der Waals surface area contributed by atoms with E-state index in [1.807, 2.05) is 42.7 Å². The number of anilines is 5. The van der Waals surface area contributed by atoms with Crippen molar-refractivity contribution >= 4 is 61.2 Å². The number of aryl methyl sites for hydroxylation is 1. The lowest BCUT2D eigenvalue weighted by Crippen LogP contribution is -2.60. The highest BCUT2D eigenvalue weighted by Gasteiger charge is 2.50. The van der Waals surface area contributed by atoms with Crippen LogP contribution in [0.1, 0.15) is 72.5 Å². The molecular weight excluding hydrogens is 963 g/mol. The zero-order valence-electron chi connectivity index (χ0n) is 41.4. The van der Waals surface area contributed by atoms with E-state index in [9.17, 15) is 23.3 Å². The van der Waals surface area contributed by atoms with Gasteiger partial charge in [0.25, 0.3) is 21.6 Å². The van der Waals surface area contributed by atoms with Crippen molar-refractivity contribution in [2.75, 3.05) is 85.7 Å². The topological polar surface area (TPSA) is 214 Å². The number of hydrogen-bond donors (Lipinski definition) is 3. The van der Waals surface area contributed by atoms with Crippen LogP contribution in [0.2, 0.25) is 0 Å². The van der Waals surface area contributed by atoms with E-state index in [2.05, 4.69) is 75.8 Å². The molecule has 3 aromatic heterocycles. The van der Waals surface area contributed by atoms with Crippen LogP contribution in [0, 0.1) is 28.4 Å². The SMILES string of the molecule is Cc1ccccc1[C@@H]1CN(c2ccncn2)CCN1C1CC2(CCN(c3ccc(C(=O)NS(=O)(=O)c4ccc(NCC5CCOCC5)c([N+](=O)[O-])c4)c(N4c5cc6cc[nH]c6nc5O[C@H]5COCC[C@@H]54)c3)CC2)C1. The number of carbonyl (C=O) groups excluding carboxylic acids is 1. The van der Waals surface area contributed by atoms with Gasteiger partial charge in [0.1, 0.15) is 35.3 Å². The minimum absolute atomic E-state index is 0.118. The standard InChI is InChI=1S/C54H61N11O8S/c1-35-4-2-3-5-41(35)48-32-62(50-11-17-55-34-58-50)21-22-63(48)39-29-54(30-39)15-19-61(20-16-54)38-6-8-42(45(27-38)64-44-14-25-72-33-49(44)73-53-47(64)26-37-10-18-56-51(37)59-53)52(66)60-74(69,70)40-7-9-43(46(28-40)65(67)68)57-31-36-12-23-71-24-13-36/h2-11,17-18,26-28,34,36,39,44,48-49,57H,12-16,19-25,29-33H2,1H3,(H,56,59)(H,60,66)/t44-,48-,49-/m0/s1. The van der Waals surface area contributed by atoms with E-state index in [4.69, 9.17) is 19.2 Å². The van der Waals surface area contributed by atoms with Crippen molar-refractivity contribution in [3.05, 3.63) is 124 Å². The highest BCUT2D eigenvalue weighted by molar-refractivity contribution is 7.90. The third-order valence-corrected chi connectivity index (χ3v) is 17.9. The number of fused-ring (bicyclic) bond motifs is 3. The van der Waals surface area contributed by atoms with Crippen molar-refractivity contribution in [1.82, 2.24) is 29.6 Å². The van der Waals surface area contributed by atoms with E-state index in [0.717, 1.165) is 94.2 Å². The monoisotopic (exact) mass is 1020 g/mol. The summed E-state index contributed by atoms with van der Waals surface area (Å²) in [5.41, 5.74) is 5.51. The molecule has 0 bridgehead atoms. The first-order chi connectivity index (χ1) is 36.0. The number of nitro groups is 1. The number of pyridine rings is 1. The predicted octanol–water partition coefficient (Wildman–Crippen LogP) is 7.53. The summed E-state index contributed by atoms with van der Waals surface area (Å²) in [5.74, 6) is 0.722. The number of ether oxygens (including phenoxy) is 3. The second kappa shape index (κ2) is 19.8. The minimum atomic E-state index is -4.61. The lowest BCUT2D eigenvalue weighted by atomic mass is 9.59. The molecule has 3 N–H and O–H groups in total. The van der Waals surface area contributed by atoms with Crippen molar-refractivity contribution in [2.45, 2.75) is 81.0 Å². The van der Waals surface area contributed by atoms with E-state index >= 15 is 0 Å². The van der Waals surface area contributed by atoms with E-state index in [-0.39, 0.29) is 34.7 Å². The number of aromatic nitrogens is 4. The summed E-state index contributed by atoms with van der Waals surface area (Å²) in [7, 11) is -4.61. The van der Waals surface area contributed by atoms with E-state index in [0.29, 0.717) is 68.3 Å². The Kier molecular flexibility index (Phi) is 12.8. The number of nitrogens with one attached hydrogen (secondary N) is 3. The summed E-state index contributed by atoms with van der Waals surface area (Å²) in [6.45, 7) is 9.05. The minimum Gasteiger partial charge on any atom is -0.468 e. The average Bonchev–Trinajstić information content (AvgIpc) is 3.89. The fraction of sp³-hybridized carbons (Fsp3) is 0.444. The van der Waals surface area contributed by atoms with Crippen molar-refractivity contribution in [3.63, 3.8) is 0 Å². The lowest BCUT2D eigenvalue weighted by molar-refractivity contribution is -0.384. The maximum atomic E-state index is 14.7. The Balaban J connectivity index is 0.816. The molecule has 386 valence electrons. The number of carbonyl (C=O) groups is 1. The Labute approximate surface area is 429 Å². The Hall–Kier alpha value is -6.87. The molecule has 20 heteroatoms. The second-order valence-electron chi connectivity index (χ2n) is 20.9. The van der Waals surface area contributed by atoms with Crippen molar-refractivity contribution < 1.29 is 32.3 Å². The van der Waals surface area contributed by atoms with Gasteiger partial charge < -0.3 is 39.2 Å². The molecular formula is C54H61N11O8S. The molecule has 4 saturated heterocycles. The highest BCUT2D eigenvalue weighted by Crippen LogP contribution is 2.54. The predicted molar refractivity (Wildman–Crippen MR) is 280 cm³/mol. The van der Waals surface area contributed by atoms with Gasteiger partial charge in [-0.2, -0.15) is 4.98 Å². The number of nitrogens with zero attached hydrogens (tertiary/aromatic N) is 8. The molecule has 6 aliphatic rings. The number of amides is 1. The molecule has 5 aliphatic heterocycles. The Bertz CT molecular complexity index is 3170. The van der Waals surface area contributed by atoms with Crippen molar-refractivity contribution in [2.24, 2.45) is 11.3 Å². The lowest BCUT2D eigenvalue weighted by Gasteiger charge is -2.58. The maximum Gasteiger partial charge on any atom is 0.293 e. The van der Waals surface area contributed by atoms with Gasteiger partial charge in [0, 0.05) is 94.7 Å². The Morgan fingerprint density at radius 2 is 1.74 bits per heavy atom. The fourth-order valence-corrected chi connectivity index (χ4v) is 13.4. The first-order valence-electron chi connectivity index (χ1n) is 25.9. The van der Waals surface area contributed by atoms with Crippen LogP contribution in [0.3, 0.4) is 0 Å². The summed E-state index contributed by atoms with van der Waals surface area (Å²) in [5, 5.41) is 16.3. The van der Waals surface area contributed by atoms with Crippen LogP contribution >= 0.6 is 0 Å². The van der Waals surface area contributed by atoms with Gasteiger partial charge in [-0.25, -0.2) is 23.1 Å². The Morgan fingerprint density at radius 3 is 2.54 bits per heavy atom. The zero-order chi connectivity index (χ0) is 50.6.